The van der Waals surface area contributed by atoms with E-state index in [9.17, 15) is 4.79 Å². The van der Waals surface area contributed by atoms with Crippen LogP contribution in [-0.2, 0) is 11.2 Å². The van der Waals surface area contributed by atoms with E-state index in [1.807, 2.05) is 60.7 Å². The van der Waals surface area contributed by atoms with Gasteiger partial charge in [-0.3, -0.25) is 4.79 Å². The van der Waals surface area contributed by atoms with Crippen molar-refractivity contribution >= 4 is 33.1 Å². The van der Waals surface area contributed by atoms with Gasteiger partial charge in [0.2, 0.25) is 6.10 Å². The van der Waals surface area contributed by atoms with Gasteiger partial charge in [-0.15, -0.1) is 11.3 Å². The van der Waals surface area contributed by atoms with E-state index >= 15 is 0 Å². The van der Waals surface area contributed by atoms with Crippen LogP contribution in [0.1, 0.15) is 10.6 Å². The Morgan fingerprint density at radius 3 is 2.59 bits per heavy atom. The first-order valence-electron chi connectivity index (χ1n) is 9.37. The highest BCUT2D eigenvalue weighted by Crippen LogP contribution is 2.31. The maximum Gasteiger partial charge on any atom is 0.269 e. The van der Waals surface area contributed by atoms with E-state index in [4.69, 9.17) is 9.47 Å². The summed E-state index contributed by atoms with van der Waals surface area (Å²) in [4.78, 5) is 17.2. The monoisotopic (exact) mass is 402 g/mol. The Balaban J connectivity index is 1.23. The summed E-state index contributed by atoms with van der Waals surface area (Å²) < 4.78 is 12.6. The highest BCUT2D eigenvalue weighted by Gasteiger charge is 2.27. The van der Waals surface area contributed by atoms with E-state index in [2.05, 4.69) is 16.4 Å². The van der Waals surface area contributed by atoms with E-state index in [1.165, 1.54) is 4.70 Å². The largest absolute Gasteiger partial charge is 0.485 e. The highest BCUT2D eigenvalue weighted by atomic mass is 32.1. The number of nitrogens with zero attached hydrogens (tertiary/aromatic N) is 1. The Hall–Kier alpha value is -3.38. The summed E-state index contributed by atoms with van der Waals surface area (Å²) in [6.45, 7) is 0.193. The van der Waals surface area contributed by atoms with Crippen molar-refractivity contribution in [1.29, 1.82) is 0 Å². The smallest absolute Gasteiger partial charge is 0.269 e. The third-order valence-corrected chi connectivity index (χ3v) is 5.75. The van der Waals surface area contributed by atoms with Crippen molar-refractivity contribution in [3.63, 3.8) is 0 Å². The molecule has 2 heterocycles. The van der Waals surface area contributed by atoms with Crippen molar-refractivity contribution in [2.75, 3.05) is 11.9 Å². The van der Waals surface area contributed by atoms with Gasteiger partial charge in [0.25, 0.3) is 5.91 Å². The molecule has 1 aliphatic heterocycles. The van der Waals surface area contributed by atoms with Crippen molar-refractivity contribution in [2.45, 2.75) is 12.5 Å². The minimum atomic E-state index is -0.674. The molecule has 5 rings (SSSR count). The summed E-state index contributed by atoms with van der Waals surface area (Å²) in [7, 11) is 0. The number of rotatable bonds is 4. The van der Waals surface area contributed by atoms with Gasteiger partial charge < -0.3 is 14.8 Å². The molecule has 1 aromatic heterocycles. The Morgan fingerprint density at radius 1 is 1.00 bits per heavy atom. The number of hydrogen-bond donors (Lipinski definition) is 1. The van der Waals surface area contributed by atoms with E-state index in [0.29, 0.717) is 11.5 Å². The van der Waals surface area contributed by atoms with E-state index in [-0.39, 0.29) is 12.5 Å². The number of aromatic nitrogens is 1. The van der Waals surface area contributed by atoms with E-state index < -0.39 is 6.10 Å². The second-order valence-corrected chi connectivity index (χ2v) is 7.92. The predicted molar refractivity (Wildman–Crippen MR) is 114 cm³/mol. The molecule has 6 heteroatoms. The minimum Gasteiger partial charge on any atom is -0.485 e. The molecule has 0 saturated carbocycles. The number of carbonyl (C=O) groups excluding carboxylic acids is 1. The zero-order chi connectivity index (χ0) is 19.6. The van der Waals surface area contributed by atoms with Gasteiger partial charge in [-0.2, -0.15) is 0 Å². The maximum atomic E-state index is 12.5. The third-order valence-electron chi connectivity index (χ3n) is 4.72. The normalized spacial score (nSPS) is 15.2. The van der Waals surface area contributed by atoms with E-state index in [1.54, 1.807) is 17.4 Å². The van der Waals surface area contributed by atoms with Crippen LogP contribution in [0.4, 0.5) is 5.69 Å². The molecule has 0 saturated heterocycles. The number of fused-ring (bicyclic) bond motifs is 2. The Labute approximate surface area is 171 Å². The number of anilines is 1. The zero-order valence-electron chi connectivity index (χ0n) is 15.5. The Kier molecular flexibility index (Phi) is 4.62. The fourth-order valence-corrected chi connectivity index (χ4v) is 4.25. The number of nitrogens with one attached hydrogen (secondary N) is 1. The van der Waals surface area contributed by atoms with Crippen LogP contribution in [0, 0.1) is 0 Å². The second-order valence-electron chi connectivity index (χ2n) is 6.80. The molecule has 0 unspecified atom stereocenters. The summed E-state index contributed by atoms with van der Waals surface area (Å²) in [5, 5.41) is 3.98. The lowest BCUT2D eigenvalue weighted by Gasteiger charge is -2.25. The number of amides is 1. The molecule has 1 aliphatic rings. The van der Waals surface area contributed by atoms with Crippen LogP contribution in [0.3, 0.4) is 0 Å². The molecule has 144 valence electrons. The molecule has 3 aromatic carbocycles. The topological polar surface area (TPSA) is 60.5 Å². The first-order valence-corrected chi connectivity index (χ1v) is 10.2. The molecule has 0 spiro atoms. The molecule has 1 amide bonds. The first kappa shape index (κ1) is 17.7. The fraction of sp³-hybridized carbons (Fsp3) is 0.130. The Bertz CT molecular complexity index is 1140. The molecular formula is C23H18N2O3S. The summed E-state index contributed by atoms with van der Waals surface area (Å²) in [6, 6.07) is 23.3. The predicted octanol–water partition coefficient (Wildman–Crippen LogP) is 4.67. The van der Waals surface area contributed by atoms with Crippen LogP contribution in [-0.4, -0.2) is 23.6 Å². The van der Waals surface area contributed by atoms with Gasteiger partial charge in [-0.1, -0.05) is 36.4 Å². The van der Waals surface area contributed by atoms with Crippen molar-refractivity contribution in [3.05, 3.63) is 83.4 Å². The van der Waals surface area contributed by atoms with Gasteiger partial charge in [0.15, 0.2) is 11.5 Å². The lowest BCUT2D eigenvalue weighted by atomic mass is 10.1. The number of para-hydroxylation sites is 3. The molecule has 4 aromatic rings. The van der Waals surface area contributed by atoms with Crippen LogP contribution < -0.4 is 14.8 Å². The summed E-state index contributed by atoms with van der Waals surface area (Å²) >= 11 is 1.71. The highest BCUT2D eigenvalue weighted by molar-refractivity contribution is 7.18. The molecule has 1 N–H and O–H groups in total. The molecule has 0 aliphatic carbocycles. The average Bonchev–Trinajstić information content (AvgIpc) is 3.17. The summed E-state index contributed by atoms with van der Waals surface area (Å²) in [5.41, 5.74) is 2.91. The van der Waals surface area contributed by atoms with Crippen LogP contribution in [0.25, 0.3) is 10.2 Å². The van der Waals surface area contributed by atoms with Crippen molar-refractivity contribution < 1.29 is 14.3 Å². The molecule has 29 heavy (non-hydrogen) atoms. The van der Waals surface area contributed by atoms with Crippen LogP contribution in [0.2, 0.25) is 0 Å². The van der Waals surface area contributed by atoms with Crippen LogP contribution >= 0.6 is 11.3 Å². The summed E-state index contributed by atoms with van der Waals surface area (Å²) in [6.07, 6.45) is 0.0940. The van der Waals surface area contributed by atoms with Gasteiger partial charge in [0.1, 0.15) is 6.61 Å². The standard InChI is InChI=1S/C23H18N2O3S/c26-23(20-14-27-18-6-2-3-7-19(18)28-20)24-16-11-9-15(10-12-16)13-22-25-17-5-1-4-8-21(17)29-22/h1-12,20H,13-14H2,(H,24,26)/t20-/m0/s1. The number of ether oxygens (including phenoxy) is 2. The zero-order valence-corrected chi connectivity index (χ0v) is 16.3. The number of carbonyl (C=O) groups is 1. The van der Waals surface area contributed by atoms with Crippen LogP contribution in [0.5, 0.6) is 11.5 Å². The van der Waals surface area contributed by atoms with Gasteiger partial charge in [-0.05, 0) is 42.0 Å². The molecule has 5 nitrogen and oxygen atoms in total. The SMILES string of the molecule is O=C(Nc1ccc(Cc2nc3ccccc3s2)cc1)[C@@H]1COc2ccccc2O1. The third kappa shape index (κ3) is 3.79. The molecule has 0 fully saturated rings. The fourth-order valence-electron chi connectivity index (χ4n) is 3.25. The quantitative estimate of drug-likeness (QED) is 0.539. The van der Waals surface area contributed by atoms with Gasteiger partial charge in [-0.25, -0.2) is 4.98 Å². The van der Waals surface area contributed by atoms with E-state index in [0.717, 1.165) is 28.2 Å². The average molecular weight is 402 g/mol. The Morgan fingerprint density at radius 2 is 1.76 bits per heavy atom. The van der Waals surface area contributed by atoms with Crippen molar-refractivity contribution in [3.8, 4) is 11.5 Å². The lowest BCUT2D eigenvalue weighted by Crippen LogP contribution is -2.40. The van der Waals surface area contributed by atoms with Crippen molar-refractivity contribution in [1.82, 2.24) is 4.98 Å². The number of benzene rings is 3. The first-order chi connectivity index (χ1) is 14.2. The van der Waals surface area contributed by atoms with Crippen LogP contribution in [0.15, 0.2) is 72.8 Å². The molecular weight excluding hydrogens is 384 g/mol. The molecule has 1 atom stereocenters. The molecule has 0 bridgehead atoms. The molecule has 0 radical (unpaired) electrons. The minimum absolute atomic E-state index is 0.193. The van der Waals surface area contributed by atoms with Gasteiger partial charge >= 0.3 is 0 Å². The number of thiazole rings is 1. The second kappa shape index (κ2) is 7.56. The van der Waals surface area contributed by atoms with Gasteiger partial charge in [0.05, 0.1) is 15.2 Å². The lowest BCUT2D eigenvalue weighted by molar-refractivity contribution is -0.125. The van der Waals surface area contributed by atoms with Crippen molar-refractivity contribution in [2.24, 2.45) is 0 Å². The number of hydrogen-bond acceptors (Lipinski definition) is 5. The van der Waals surface area contributed by atoms with Gasteiger partial charge in [0, 0.05) is 12.1 Å². The summed E-state index contributed by atoms with van der Waals surface area (Å²) in [5.74, 6) is 1.03. The maximum absolute atomic E-state index is 12.5.